The molecular weight excluding hydrogens is 308 g/mol. The first-order chi connectivity index (χ1) is 11.2. The first-order valence-corrected chi connectivity index (χ1v) is 8.00. The van der Waals surface area contributed by atoms with Crippen LogP contribution in [0.3, 0.4) is 0 Å². The van der Waals surface area contributed by atoms with Crippen LogP contribution in [-0.4, -0.2) is 27.7 Å². The Kier molecular flexibility index (Phi) is 4.52. The number of hydrogen-bond donors (Lipinski definition) is 1. The molecule has 0 unspecified atom stereocenters. The van der Waals surface area contributed by atoms with Gasteiger partial charge in [0.1, 0.15) is 5.75 Å². The van der Waals surface area contributed by atoms with Gasteiger partial charge in [0.2, 0.25) is 4.77 Å². The standard InChI is InChI=1S/C17H18N4OS/c1-3-16-19-20-17(23)21(16)18-11-14-13-8-6-5-7-12(13)9-10-15(14)22-4-2/h5-11H,3-4H2,1-2H3,(H,20,23). The maximum atomic E-state index is 5.75. The molecule has 0 saturated heterocycles. The molecule has 0 amide bonds. The molecular formula is C17H18N4OS. The van der Waals surface area contributed by atoms with Gasteiger partial charge >= 0.3 is 0 Å². The van der Waals surface area contributed by atoms with Gasteiger partial charge < -0.3 is 4.74 Å². The summed E-state index contributed by atoms with van der Waals surface area (Å²) in [4.78, 5) is 0. The molecule has 0 spiro atoms. The van der Waals surface area contributed by atoms with Crippen molar-refractivity contribution in [2.24, 2.45) is 5.10 Å². The Morgan fingerprint density at radius 1 is 1.26 bits per heavy atom. The van der Waals surface area contributed by atoms with E-state index in [1.807, 2.05) is 32.0 Å². The minimum atomic E-state index is 0.483. The second kappa shape index (κ2) is 6.75. The summed E-state index contributed by atoms with van der Waals surface area (Å²) in [6.45, 7) is 4.59. The fourth-order valence-corrected chi connectivity index (χ4v) is 2.68. The zero-order valence-electron chi connectivity index (χ0n) is 13.1. The van der Waals surface area contributed by atoms with Gasteiger partial charge in [0.15, 0.2) is 5.82 Å². The Labute approximate surface area is 139 Å². The van der Waals surface area contributed by atoms with Crippen LogP contribution in [0.4, 0.5) is 0 Å². The predicted molar refractivity (Wildman–Crippen MR) is 94.9 cm³/mol. The molecule has 0 radical (unpaired) electrons. The lowest BCUT2D eigenvalue weighted by Crippen LogP contribution is -2.00. The number of benzene rings is 2. The number of nitrogens with one attached hydrogen (secondary N) is 1. The van der Waals surface area contributed by atoms with E-state index in [9.17, 15) is 0 Å². The van der Waals surface area contributed by atoms with Crippen molar-refractivity contribution in [2.45, 2.75) is 20.3 Å². The zero-order valence-corrected chi connectivity index (χ0v) is 13.9. The van der Waals surface area contributed by atoms with E-state index >= 15 is 0 Å². The smallest absolute Gasteiger partial charge is 0.216 e. The van der Waals surface area contributed by atoms with E-state index in [4.69, 9.17) is 17.0 Å². The van der Waals surface area contributed by atoms with Crippen LogP contribution in [0, 0.1) is 4.77 Å². The number of H-pyrrole nitrogens is 1. The topological polar surface area (TPSA) is 55.2 Å². The van der Waals surface area contributed by atoms with Gasteiger partial charge in [-0.05, 0) is 36.0 Å². The lowest BCUT2D eigenvalue weighted by molar-refractivity contribution is 0.340. The molecule has 3 rings (SSSR count). The normalized spacial score (nSPS) is 11.4. The second-order valence-electron chi connectivity index (χ2n) is 4.99. The van der Waals surface area contributed by atoms with Crippen molar-refractivity contribution in [3.63, 3.8) is 0 Å². The summed E-state index contributed by atoms with van der Waals surface area (Å²) >= 11 is 5.23. The molecule has 0 fully saturated rings. The van der Waals surface area contributed by atoms with Crippen molar-refractivity contribution in [1.82, 2.24) is 14.9 Å². The maximum absolute atomic E-state index is 5.75. The average molecular weight is 326 g/mol. The summed E-state index contributed by atoms with van der Waals surface area (Å²) in [5, 5.41) is 13.7. The van der Waals surface area contributed by atoms with Crippen molar-refractivity contribution in [2.75, 3.05) is 6.61 Å². The first kappa shape index (κ1) is 15.4. The summed E-state index contributed by atoms with van der Waals surface area (Å²) in [5.41, 5.74) is 0.940. The third-order valence-corrected chi connectivity index (χ3v) is 3.83. The molecule has 1 N–H and O–H groups in total. The quantitative estimate of drug-likeness (QED) is 0.571. The molecule has 1 aromatic heterocycles. The van der Waals surface area contributed by atoms with Crippen LogP contribution in [-0.2, 0) is 6.42 Å². The van der Waals surface area contributed by atoms with Gasteiger partial charge in [-0.2, -0.15) is 14.9 Å². The summed E-state index contributed by atoms with van der Waals surface area (Å²) in [6.07, 6.45) is 2.54. The molecule has 0 aliphatic heterocycles. The molecule has 5 nitrogen and oxygen atoms in total. The van der Waals surface area contributed by atoms with Gasteiger partial charge in [0.05, 0.1) is 12.8 Å². The molecule has 6 heteroatoms. The fraction of sp³-hybridized carbons (Fsp3) is 0.235. The third kappa shape index (κ3) is 3.03. The number of rotatable bonds is 5. The number of aromatic nitrogens is 3. The number of aryl methyl sites for hydroxylation is 1. The highest BCUT2D eigenvalue weighted by atomic mass is 32.1. The molecule has 0 aliphatic rings. The molecule has 23 heavy (non-hydrogen) atoms. The number of aromatic amines is 1. The van der Waals surface area contributed by atoms with Gasteiger partial charge in [-0.3, -0.25) is 5.10 Å². The molecule has 1 heterocycles. The number of nitrogens with zero attached hydrogens (tertiary/aromatic N) is 3. The molecule has 0 atom stereocenters. The summed E-state index contributed by atoms with van der Waals surface area (Å²) in [5.74, 6) is 1.60. The van der Waals surface area contributed by atoms with Crippen molar-refractivity contribution in [3.8, 4) is 5.75 Å². The lowest BCUT2D eigenvalue weighted by Gasteiger charge is -2.10. The minimum absolute atomic E-state index is 0.483. The molecule has 0 saturated carbocycles. The van der Waals surface area contributed by atoms with E-state index in [0.29, 0.717) is 11.4 Å². The SMILES string of the molecule is CCOc1ccc2ccccc2c1C=Nn1c(CC)n[nH]c1=S. The molecule has 0 aliphatic carbocycles. The van der Waals surface area contributed by atoms with Crippen LogP contribution < -0.4 is 4.74 Å². The Bertz CT molecular complexity index is 910. The summed E-state index contributed by atoms with van der Waals surface area (Å²) in [6, 6.07) is 12.2. The molecule has 2 aromatic carbocycles. The second-order valence-corrected chi connectivity index (χ2v) is 5.37. The van der Waals surface area contributed by atoms with Crippen LogP contribution in [0.5, 0.6) is 5.75 Å². The van der Waals surface area contributed by atoms with E-state index in [2.05, 4.69) is 33.5 Å². The maximum Gasteiger partial charge on any atom is 0.216 e. The highest BCUT2D eigenvalue weighted by Gasteiger charge is 2.08. The van der Waals surface area contributed by atoms with Crippen LogP contribution in [0.1, 0.15) is 25.2 Å². The van der Waals surface area contributed by atoms with E-state index in [1.54, 1.807) is 10.9 Å². The van der Waals surface area contributed by atoms with Gasteiger partial charge in [-0.15, -0.1) is 0 Å². The first-order valence-electron chi connectivity index (χ1n) is 7.59. The summed E-state index contributed by atoms with van der Waals surface area (Å²) in [7, 11) is 0. The predicted octanol–water partition coefficient (Wildman–Crippen LogP) is 3.94. The van der Waals surface area contributed by atoms with Crippen LogP contribution in [0.15, 0.2) is 41.5 Å². The van der Waals surface area contributed by atoms with Gasteiger partial charge in [0.25, 0.3) is 0 Å². The Morgan fingerprint density at radius 2 is 2.09 bits per heavy atom. The van der Waals surface area contributed by atoms with E-state index in [0.717, 1.165) is 34.3 Å². The van der Waals surface area contributed by atoms with Crippen LogP contribution >= 0.6 is 12.2 Å². The third-order valence-electron chi connectivity index (χ3n) is 3.57. The Balaban J connectivity index is 2.14. The average Bonchev–Trinajstić information content (AvgIpc) is 2.94. The highest BCUT2D eigenvalue weighted by Crippen LogP contribution is 2.26. The minimum Gasteiger partial charge on any atom is -0.493 e. The van der Waals surface area contributed by atoms with Crippen molar-refractivity contribution in [3.05, 3.63) is 52.6 Å². The Hall–Kier alpha value is -2.47. The van der Waals surface area contributed by atoms with Crippen molar-refractivity contribution in [1.29, 1.82) is 0 Å². The molecule has 0 bridgehead atoms. The van der Waals surface area contributed by atoms with Crippen molar-refractivity contribution >= 4 is 29.2 Å². The van der Waals surface area contributed by atoms with Crippen LogP contribution in [0.25, 0.3) is 10.8 Å². The highest BCUT2D eigenvalue weighted by molar-refractivity contribution is 7.71. The fourth-order valence-electron chi connectivity index (χ4n) is 2.48. The number of ether oxygens (including phenoxy) is 1. The van der Waals surface area contributed by atoms with Gasteiger partial charge in [-0.1, -0.05) is 37.3 Å². The van der Waals surface area contributed by atoms with Gasteiger partial charge in [-0.25, -0.2) is 0 Å². The largest absolute Gasteiger partial charge is 0.493 e. The van der Waals surface area contributed by atoms with Gasteiger partial charge in [0, 0.05) is 12.0 Å². The number of fused-ring (bicyclic) bond motifs is 1. The van der Waals surface area contributed by atoms with Crippen molar-refractivity contribution < 1.29 is 4.74 Å². The van der Waals surface area contributed by atoms with E-state index in [1.165, 1.54) is 0 Å². The van der Waals surface area contributed by atoms with E-state index < -0.39 is 0 Å². The lowest BCUT2D eigenvalue weighted by atomic mass is 10.0. The zero-order chi connectivity index (χ0) is 16.2. The molecule has 3 aromatic rings. The molecule has 118 valence electrons. The Morgan fingerprint density at radius 3 is 2.87 bits per heavy atom. The van der Waals surface area contributed by atoms with E-state index in [-0.39, 0.29) is 0 Å². The summed E-state index contributed by atoms with van der Waals surface area (Å²) < 4.78 is 7.88. The number of hydrogen-bond acceptors (Lipinski definition) is 4. The van der Waals surface area contributed by atoms with Crippen LogP contribution in [0.2, 0.25) is 0 Å². The monoisotopic (exact) mass is 326 g/mol.